The highest BCUT2D eigenvalue weighted by atomic mass is 32.2. The fourth-order valence-corrected chi connectivity index (χ4v) is 4.42. The number of anilines is 1. The van der Waals surface area contributed by atoms with Crippen LogP contribution in [0.5, 0.6) is 0 Å². The molecule has 0 unspecified atom stereocenters. The molecule has 25 heavy (non-hydrogen) atoms. The Morgan fingerprint density at radius 3 is 2.48 bits per heavy atom. The van der Waals surface area contributed by atoms with Gasteiger partial charge >= 0.3 is 6.18 Å². The summed E-state index contributed by atoms with van der Waals surface area (Å²) >= 11 is 0. The second-order valence-electron chi connectivity index (χ2n) is 5.86. The van der Waals surface area contributed by atoms with E-state index in [0.29, 0.717) is 6.42 Å². The minimum atomic E-state index is -4.54. The van der Waals surface area contributed by atoms with Gasteiger partial charge in [-0.25, -0.2) is 8.42 Å². The number of carbonyl (C=O) groups is 2. The van der Waals surface area contributed by atoms with Crippen LogP contribution in [-0.4, -0.2) is 44.5 Å². The quantitative estimate of drug-likeness (QED) is 0.816. The molecule has 2 amide bonds. The molecule has 2 N–H and O–H groups in total. The molecule has 0 aliphatic carbocycles. The lowest BCUT2D eigenvalue weighted by molar-refractivity contribution is -0.123. The lowest BCUT2D eigenvalue weighted by Crippen LogP contribution is -2.34. The summed E-state index contributed by atoms with van der Waals surface area (Å²) in [4.78, 5) is 23.9. The molecule has 1 aromatic carbocycles. The second kappa shape index (κ2) is 7.42. The Hall–Kier alpha value is -2.10. The van der Waals surface area contributed by atoms with E-state index in [-0.39, 0.29) is 35.1 Å². The van der Waals surface area contributed by atoms with E-state index in [1.54, 1.807) is 5.32 Å². The predicted octanol–water partition coefficient (Wildman–Crippen LogP) is 1.74. The van der Waals surface area contributed by atoms with Crippen molar-refractivity contribution in [3.8, 4) is 0 Å². The van der Waals surface area contributed by atoms with Crippen LogP contribution in [0.3, 0.4) is 0 Å². The molecule has 1 atom stereocenters. The van der Waals surface area contributed by atoms with Crippen molar-refractivity contribution < 1.29 is 31.2 Å². The molecule has 2 rings (SSSR count). The third kappa shape index (κ3) is 6.04. The van der Waals surface area contributed by atoms with Crippen LogP contribution < -0.4 is 10.6 Å². The maximum atomic E-state index is 12.2. The van der Waals surface area contributed by atoms with Crippen molar-refractivity contribution in [1.82, 2.24) is 5.32 Å². The van der Waals surface area contributed by atoms with E-state index in [1.165, 1.54) is 24.3 Å². The molecule has 1 aromatic rings. The summed E-state index contributed by atoms with van der Waals surface area (Å²) in [6, 6.07) is 5.67. The Bertz CT molecular complexity index is 762. The lowest BCUT2D eigenvalue weighted by atomic mass is 10.0. The minimum absolute atomic E-state index is 0.0300. The molecule has 1 aliphatic rings. The zero-order valence-electron chi connectivity index (χ0n) is 13.1. The number of rotatable bonds is 5. The van der Waals surface area contributed by atoms with Gasteiger partial charge in [-0.3, -0.25) is 9.59 Å². The van der Waals surface area contributed by atoms with Gasteiger partial charge in [-0.1, -0.05) is 12.1 Å². The molecule has 1 saturated heterocycles. The molecular formula is C15H17F3N2O4S. The summed E-state index contributed by atoms with van der Waals surface area (Å²) in [7, 11) is -3.11. The van der Waals surface area contributed by atoms with Gasteiger partial charge in [-0.2, -0.15) is 13.2 Å². The van der Waals surface area contributed by atoms with Crippen molar-refractivity contribution in [2.45, 2.75) is 19.0 Å². The van der Waals surface area contributed by atoms with Crippen LogP contribution in [0.4, 0.5) is 18.9 Å². The van der Waals surface area contributed by atoms with Gasteiger partial charge in [0.25, 0.3) is 5.91 Å². The maximum Gasteiger partial charge on any atom is 0.405 e. The molecule has 0 aromatic heterocycles. The molecular weight excluding hydrogens is 361 g/mol. The van der Waals surface area contributed by atoms with Crippen LogP contribution >= 0.6 is 0 Å². The SMILES string of the molecule is O=C(C[C@@H]1CCS(=O)(=O)C1)Nc1ccccc1C(=O)NCC(F)(F)F. The first-order chi connectivity index (χ1) is 11.6. The van der Waals surface area contributed by atoms with Crippen molar-refractivity contribution in [2.24, 2.45) is 5.92 Å². The summed E-state index contributed by atoms with van der Waals surface area (Å²) < 4.78 is 59.4. The number of para-hydroxylation sites is 1. The van der Waals surface area contributed by atoms with Crippen molar-refractivity contribution in [3.63, 3.8) is 0 Å². The number of sulfone groups is 1. The number of nitrogens with one attached hydrogen (secondary N) is 2. The first kappa shape index (κ1) is 19.2. The monoisotopic (exact) mass is 378 g/mol. The molecule has 1 aliphatic heterocycles. The van der Waals surface area contributed by atoms with Gasteiger partial charge in [-0.05, 0) is 24.5 Å². The molecule has 6 nitrogen and oxygen atoms in total. The van der Waals surface area contributed by atoms with Gasteiger partial charge in [0.2, 0.25) is 5.91 Å². The maximum absolute atomic E-state index is 12.2. The highest BCUT2D eigenvalue weighted by Gasteiger charge is 2.30. The van der Waals surface area contributed by atoms with Gasteiger partial charge in [-0.15, -0.1) is 0 Å². The summed E-state index contributed by atoms with van der Waals surface area (Å²) in [6.45, 7) is -1.48. The van der Waals surface area contributed by atoms with E-state index in [2.05, 4.69) is 5.32 Å². The van der Waals surface area contributed by atoms with Crippen LogP contribution in [0.15, 0.2) is 24.3 Å². The van der Waals surface area contributed by atoms with Gasteiger partial charge < -0.3 is 10.6 Å². The fraction of sp³-hybridized carbons (Fsp3) is 0.467. The molecule has 0 bridgehead atoms. The highest BCUT2D eigenvalue weighted by molar-refractivity contribution is 7.91. The van der Waals surface area contributed by atoms with Gasteiger partial charge in [0.15, 0.2) is 9.84 Å². The summed E-state index contributed by atoms with van der Waals surface area (Å²) in [5, 5.41) is 4.21. The number of carbonyl (C=O) groups excluding carboxylic acids is 2. The highest BCUT2D eigenvalue weighted by Crippen LogP contribution is 2.23. The lowest BCUT2D eigenvalue weighted by Gasteiger charge is -2.13. The molecule has 10 heteroatoms. The second-order valence-corrected chi connectivity index (χ2v) is 8.09. The number of hydrogen-bond acceptors (Lipinski definition) is 4. The number of alkyl halides is 3. The fourth-order valence-electron chi connectivity index (χ4n) is 2.56. The van der Waals surface area contributed by atoms with E-state index in [9.17, 15) is 31.2 Å². The third-order valence-electron chi connectivity index (χ3n) is 3.70. The van der Waals surface area contributed by atoms with Crippen molar-refractivity contribution in [2.75, 3.05) is 23.4 Å². The number of amides is 2. The van der Waals surface area contributed by atoms with Crippen LogP contribution in [0, 0.1) is 5.92 Å². The third-order valence-corrected chi connectivity index (χ3v) is 5.53. The van der Waals surface area contributed by atoms with E-state index < -0.39 is 34.4 Å². The van der Waals surface area contributed by atoms with Gasteiger partial charge in [0.05, 0.1) is 22.8 Å². The Balaban J connectivity index is 2.00. The predicted molar refractivity (Wildman–Crippen MR) is 84.8 cm³/mol. The number of hydrogen-bond donors (Lipinski definition) is 2. The van der Waals surface area contributed by atoms with Crippen LogP contribution in [0.25, 0.3) is 0 Å². The Kier molecular flexibility index (Phi) is 5.71. The largest absolute Gasteiger partial charge is 0.405 e. The summed E-state index contributed by atoms with van der Waals surface area (Å²) in [5.74, 6) is -1.76. The van der Waals surface area contributed by atoms with Gasteiger partial charge in [0, 0.05) is 6.42 Å². The Morgan fingerprint density at radius 2 is 1.88 bits per heavy atom. The van der Waals surface area contributed by atoms with Crippen molar-refractivity contribution in [3.05, 3.63) is 29.8 Å². The standard InChI is InChI=1S/C15H17F3N2O4S/c16-15(17,18)9-19-14(22)11-3-1-2-4-12(11)20-13(21)7-10-5-6-25(23,24)8-10/h1-4,10H,5-9H2,(H,19,22)(H,20,21)/t10-/m0/s1. The molecule has 0 spiro atoms. The first-order valence-corrected chi connectivity index (χ1v) is 9.32. The molecule has 1 fully saturated rings. The topological polar surface area (TPSA) is 92.3 Å². The number of halogens is 3. The van der Waals surface area contributed by atoms with Crippen LogP contribution in [0.1, 0.15) is 23.2 Å². The average molecular weight is 378 g/mol. The van der Waals surface area contributed by atoms with Gasteiger partial charge in [0.1, 0.15) is 6.54 Å². The van der Waals surface area contributed by atoms with Crippen LogP contribution in [-0.2, 0) is 14.6 Å². The molecule has 138 valence electrons. The smallest absolute Gasteiger partial charge is 0.343 e. The normalized spacial score (nSPS) is 19.4. The summed E-state index contributed by atoms with van der Waals surface area (Å²) in [5.41, 5.74) is -0.0211. The molecule has 0 saturated carbocycles. The van der Waals surface area contributed by atoms with E-state index >= 15 is 0 Å². The van der Waals surface area contributed by atoms with Crippen molar-refractivity contribution in [1.29, 1.82) is 0 Å². The number of benzene rings is 1. The summed E-state index contributed by atoms with van der Waals surface area (Å²) in [6.07, 6.45) is -4.18. The molecule has 1 heterocycles. The van der Waals surface area contributed by atoms with E-state index in [1.807, 2.05) is 0 Å². The van der Waals surface area contributed by atoms with E-state index in [0.717, 1.165) is 0 Å². The van der Waals surface area contributed by atoms with Crippen LogP contribution in [0.2, 0.25) is 0 Å². The van der Waals surface area contributed by atoms with Crippen molar-refractivity contribution >= 4 is 27.3 Å². The molecule has 0 radical (unpaired) electrons. The average Bonchev–Trinajstić information content (AvgIpc) is 2.83. The zero-order valence-corrected chi connectivity index (χ0v) is 13.9. The van der Waals surface area contributed by atoms with E-state index in [4.69, 9.17) is 0 Å². The first-order valence-electron chi connectivity index (χ1n) is 7.50. The minimum Gasteiger partial charge on any atom is -0.343 e. The Labute approximate surface area is 142 Å². The zero-order chi connectivity index (χ0) is 18.7. The Morgan fingerprint density at radius 1 is 1.20 bits per heavy atom.